The molecule has 1 aliphatic rings. The Morgan fingerprint density at radius 2 is 1.79 bits per heavy atom. The minimum atomic E-state index is -4.16. The molecule has 5 rings (SSSR count). The van der Waals surface area contributed by atoms with Crippen LogP contribution in [0, 0.1) is 13.8 Å². The molecule has 4 aromatic rings. The van der Waals surface area contributed by atoms with E-state index in [1.807, 2.05) is 32.0 Å². The van der Waals surface area contributed by atoms with E-state index in [4.69, 9.17) is 33.7 Å². The maximum Gasteiger partial charge on any atom is 0.251 e. The lowest BCUT2D eigenvalue weighted by Crippen LogP contribution is -2.46. The van der Waals surface area contributed by atoms with Crippen molar-refractivity contribution in [3.05, 3.63) is 98.7 Å². The molecule has 0 spiro atoms. The largest absolute Gasteiger partial charge is 0.487 e. The maximum atomic E-state index is 13.9. The van der Waals surface area contributed by atoms with E-state index in [2.05, 4.69) is 15.6 Å². The maximum absolute atomic E-state index is 13.9. The number of aromatic nitrogens is 1. The number of nitrogens with zero attached hydrogens (tertiary/aromatic N) is 2. The zero-order valence-corrected chi connectivity index (χ0v) is 28.5. The number of halogens is 2. The standard InChI is InChI=1S/C34H37Cl2N5O5S/c1-21-18-22(2)40-32-25(21)6-3-8-29(32)46-20-26-27(35)13-14-30(31(26)36)47(44,45)41-17-4-7-28(41)34(43)39-16-5-15-38-33(42)24-11-9-23(19-37)10-12-24/h3,6,8-14,18,28H,4-5,7,15-17,19-20,37H2,1-2H3,(H,38,42)(H,39,43)/t28-/m0/s1. The van der Waals surface area contributed by atoms with Crippen molar-refractivity contribution in [2.75, 3.05) is 19.6 Å². The average Bonchev–Trinajstić information content (AvgIpc) is 3.56. The number of carbonyl (C=O) groups excluding carboxylic acids is 2. The Balaban J connectivity index is 1.22. The van der Waals surface area contributed by atoms with Crippen molar-refractivity contribution in [1.29, 1.82) is 0 Å². The van der Waals surface area contributed by atoms with E-state index in [-0.39, 0.29) is 40.5 Å². The van der Waals surface area contributed by atoms with Crippen LogP contribution in [0.3, 0.4) is 0 Å². The summed E-state index contributed by atoms with van der Waals surface area (Å²) in [6.07, 6.45) is 1.36. The highest BCUT2D eigenvalue weighted by atomic mass is 35.5. The third-order valence-electron chi connectivity index (χ3n) is 8.14. The molecule has 13 heteroatoms. The Kier molecular flexibility index (Phi) is 11.0. The second kappa shape index (κ2) is 15.0. The number of para-hydroxylation sites is 1. The smallest absolute Gasteiger partial charge is 0.251 e. The molecule has 1 aromatic heterocycles. The van der Waals surface area contributed by atoms with Crippen molar-refractivity contribution in [2.24, 2.45) is 5.73 Å². The molecular formula is C34H37Cl2N5O5S. The number of sulfonamides is 1. The van der Waals surface area contributed by atoms with E-state index < -0.39 is 22.0 Å². The number of fused-ring (bicyclic) bond motifs is 1. The van der Waals surface area contributed by atoms with Crippen LogP contribution >= 0.6 is 23.2 Å². The van der Waals surface area contributed by atoms with Gasteiger partial charge in [-0.25, -0.2) is 13.4 Å². The van der Waals surface area contributed by atoms with E-state index in [1.165, 1.54) is 16.4 Å². The predicted octanol–water partition coefficient (Wildman–Crippen LogP) is 5.29. The first-order chi connectivity index (χ1) is 22.5. The molecule has 2 heterocycles. The summed E-state index contributed by atoms with van der Waals surface area (Å²) >= 11 is 13.2. The Morgan fingerprint density at radius 1 is 1.04 bits per heavy atom. The van der Waals surface area contributed by atoms with E-state index in [1.54, 1.807) is 30.3 Å². The molecule has 0 radical (unpaired) electrons. The van der Waals surface area contributed by atoms with Crippen molar-refractivity contribution in [3.8, 4) is 5.75 Å². The number of aryl methyl sites for hydroxylation is 2. The number of hydrogen-bond acceptors (Lipinski definition) is 7. The molecule has 1 aliphatic heterocycles. The van der Waals surface area contributed by atoms with Gasteiger partial charge in [0.15, 0.2) is 0 Å². The van der Waals surface area contributed by atoms with Gasteiger partial charge in [0.2, 0.25) is 15.9 Å². The van der Waals surface area contributed by atoms with Crippen LogP contribution in [0.1, 0.15) is 52.0 Å². The number of pyridine rings is 1. The highest BCUT2D eigenvalue weighted by Crippen LogP contribution is 2.36. The summed E-state index contributed by atoms with van der Waals surface area (Å²) in [6.45, 7) is 4.99. The van der Waals surface area contributed by atoms with Crippen LogP contribution in [0.5, 0.6) is 5.75 Å². The molecule has 0 bridgehead atoms. The summed E-state index contributed by atoms with van der Waals surface area (Å²) in [5.74, 6) is -0.110. The van der Waals surface area contributed by atoms with Gasteiger partial charge in [-0.2, -0.15) is 4.31 Å². The number of nitrogens with one attached hydrogen (secondary N) is 2. The van der Waals surface area contributed by atoms with Crippen molar-refractivity contribution in [3.63, 3.8) is 0 Å². The molecule has 1 fully saturated rings. The summed E-state index contributed by atoms with van der Waals surface area (Å²) in [6, 6.07) is 16.6. The fraction of sp³-hybridized carbons (Fsp3) is 0.324. The van der Waals surface area contributed by atoms with Gasteiger partial charge in [0.1, 0.15) is 28.8 Å². The second-order valence-corrected chi connectivity index (χ2v) is 14.1. The zero-order chi connectivity index (χ0) is 33.7. The summed E-state index contributed by atoms with van der Waals surface area (Å²) in [7, 11) is -4.16. The minimum Gasteiger partial charge on any atom is -0.487 e. The Bertz CT molecular complexity index is 1900. The average molecular weight is 699 g/mol. The summed E-state index contributed by atoms with van der Waals surface area (Å²) in [4.78, 5) is 30.0. The Hall–Kier alpha value is -3.74. The normalized spacial score (nSPS) is 15.1. The molecule has 2 amide bonds. The summed E-state index contributed by atoms with van der Waals surface area (Å²) in [5, 5.41) is 6.77. The van der Waals surface area contributed by atoms with Gasteiger partial charge in [-0.1, -0.05) is 47.5 Å². The molecule has 3 aromatic carbocycles. The lowest BCUT2D eigenvalue weighted by molar-refractivity contribution is -0.124. The third kappa shape index (κ3) is 7.71. The number of nitrogens with two attached hydrogens (primary N) is 1. The van der Waals surface area contributed by atoms with Crippen LogP contribution in [0.4, 0.5) is 0 Å². The van der Waals surface area contributed by atoms with E-state index >= 15 is 0 Å². The van der Waals surface area contributed by atoms with Crippen LogP contribution in [0.2, 0.25) is 10.0 Å². The highest BCUT2D eigenvalue weighted by Gasteiger charge is 2.40. The van der Waals surface area contributed by atoms with E-state index in [9.17, 15) is 18.0 Å². The molecule has 4 N–H and O–H groups in total. The van der Waals surface area contributed by atoms with E-state index in [0.29, 0.717) is 54.7 Å². The lowest BCUT2D eigenvalue weighted by atomic mass is 10.1. The minimum absolute atomic E-state index is 0.0578. The molecule has 0 aliphatic carbocycles. The van der Waals surface area contributed by atoms with Gasteiger partial charge in [-0.3, -0.25) is 9.59 Å². The first-order valence-electron chi connectivity index (χ1n) is 15.3. The summed E-state index contributed by atoms with van der Waals surface area (Å²) < 4.78 is 35.1. The number of amides is 2. The number of benzene rings is 3. The van der Waals surface area contributed by atoms with Gasteiger partial charge in [0.05, 0.1) is 5.02 Å². The van der Waals surface area contributed by atoms with Crippen molar-refractivity contribution in [2.45, 2.75) is 57.2 Å². The fourth-order valence-electron chi connectivity index (χ4n) is 5.66. The van der Waals surface area contributed by atoms with Gasteiger partial charge < -0.3 is 21.1 Å². The number of hydrogen-bond donors (Lipinski definition) is 3. The fourth-order valence-corrected chi connectivity index (χ4v) is 8.18. The van der Waals surface area contributed by atoms with Gasteiger partial charge >= 0.3 is 0 Å². The number of rotatable bonds is 12. The molecule has 248 valence electrons. The first kappa shape index (κ1) is 34.6. The SMILES string of the molecule is Cc1cc(C)c2cccc(OCc3c(Cl)ccc(S(=O)(=O)N4CCC[C@H]4C(=O)NCCCNC(=O)c4ccc(CN)cc4)c3Cl)c2n1. The zero-order valence-electron chi connectivity index (χ0n) is 26.2. The van der Waals surface area contributed by atoms with Crippen LogP contribution in [-0.4, -0.2) is 55.2 Å². The second-order valence-electron chi connectivity index (χ2n) is 11.4. The molecule has 1 atom stereocenters. The van der Waals surface area contributed by atoms with Crippen LogP contribution < -0.4 is 21.1 Å². The third-order valence-corrected chi connectivity index (χ3v) is 11.0. The van der Waals surface area contributed by atoms with Gasteiger partial charge in [0.25, 0.3) is 5.91 Å². The molecule has 47 heavy (non-hydrogen) atoms. The summed E-state index contributed by atoms with van der Waals surface area (Å²) in [5.41, 5.74) is 9.95. The lowest BCUT2D eigenvalue weighted by Gasteiger charge is -2.24. The van der Waals surface area contributed by atoms with Crippen molar-refractivity contribution in [1.82, 2.24) is 19.9 Å². The van der Waals surface area contributed by atoms with Crippen molar-refractivity contribution >= 4 is 55.9 Å². The van der Waals surface area contributed by atoms with Crippen LogP contribution in [0.15, 0.2) is 65.6 Å². The number of carbonyl (C=O) groups is 2. The van der Waals surface area contributed by atoms with Crippen LogP contribution in [-0.2, 0) is 28.0 Å². The van der Waals surface area contributed by atoms with Gasteiger partial charge in [-0.15, -0.1) is 0 Å². The van der Waals surface area contributed by atoms with Crippen molar-refractivity contribution < 1.29 is 22.7 Å². The molecule has 0 saturated carbocycles. The highest BCUT2D eigenvalue weighted by molar-refractivity contribution is 7.89. The Labute approximate surface area is 284 Å². The molecule has 0 unspecified atom stereocenters. The van der Waals surface area contributed by atoms with E-state index in [0.717, 1.165) is 22.2 Å². The van der Waals surface area contributed by atoms with Gasteiger partial charge in [-0.05, 0) is 80.6 Å². The van der Waals surface area contributed by atoms with Crippen LogP contribution in [0.25, 0.3) is 10.9 Å². The Morgan fingerprint density at radius 3 is 2.53 bits per heavy atom. The first-order valence-corrected chi connectivity index (χ1v) is 17.5. The predicted molar refractivity (Wildman–Crippen MR) is 183 cm³/mol. The molecular weight excluding hydrogens is 661 g/mol. The quantitative estimate of drug-likeness (QED) is 0.171. The number of ether oxygens (including phenoxy) is 1. The topological polar surface area (TPSA) is 144 Å². The van der Waals surface area contributed by atoms with Gasteiger partial charge in [0, 0.05) is 53.4 Å². The monoisotopic (exact) mass is 697 g/mol. The molecule has 10 nitrogen and oxygen atoms in total. The molecule has 1 saturated heterocycles.